The number of aryl methyl sites for hydroxylation is 3. The summed E-state index contributed by atoms with van der Waals surface area (Å²) in [5.41, 5.74) is 5.58. The first-order chi connectivity index (χ1) is 8.99. The largest absolute Gasteiger partial charge is 0.348 e. The molecule has 1 amide bonds. The molecule has 0 spiro atoms. The van der Waals surface area contributed by atoms with Crippen molar-refractivity contribution in [3.8, 4) is 0 Å². The van der Waals surface area contributed by atoms with E-state index in [2.05, 4.69) is 31.5 Å². The number of nitrogens with one attached hydrogen (secondary N) is 1. The van der Waals surface area contributed by atoms with E-state index in [1.807, 2.05) is 25.1 Å². The van der Waals surface area contributed by atoms with Gasteiger partial charge in [-0.25, -0.2) is 0 Å². The summed E-state index contributed by atoms with van der Waals surface area (Å²) in [5, 5.41) is 5.10. The van der Waals surface area contributed by atoms with Crippen molar-refractivity contribution in [1.82, 2.24) is 5.32 Å². The second kappa shape index (κ2) is 5.57. The Morgan fingerprint density at radius 1 is 1.16 bits per heavy atom. The van der Waals surface area contributed by atoms with Crippen LogP contribution in [0.2, 0.25) is 0 Å². The van der Waals surface area contributed by atoms with Gasteiger partial charge in [-0.05, 0) is 67.5 Å². The van der Waals surface area contributed by atoms with Crippen molar-refractivity contribution in [2.24, 2.45) is 0 Å². The summed E-state index contributed by atoms with van der Waals surface area (Å²) in [5.74, 6) is -0.00801. The minimum atomic E-state index is -0.00801. The van der Waals surface area contributed by atoms with E-state index in [0.29, 0.717) is 6.54 Å². The van der Waals surface area contributed by atoms with Crippen molar-refractivity contribution in [1.29, 1.82) is 0 Å². The Morgan fingerprint density at radius 3 is 2.47 bits per heavy atom. The van der Waals surface area contributed by atoms with Crippen LogP contribution in [-0.4, -0.2) is 5.91 Å². The zero-order valence-electron chi connectivity index (χ0n) is 11.8. The van der Waals surface area contributed by atoms with Crippen LogP contribution in [0.1, 0.15) is 37.5 Å². The topological polar surface area (TPSA) is 29.1 Å². The first-order valence-electron chi connectivity index (χ1n) is 6.38. The highest BCUT2D eigenvalue weighted by molar-refractivity contribution is 7.10. The maximum Gasteiger partial charge on any atom is 0.251 e. The molecule has 0 aliphatic heterocycles. The molecular formula is C16H19NOS. The van der Waals surface area contributed by atoms with Gasteiger partial charge in [-0.2, -0.15) is 0 Å². The number of hydrogen-bond acceptors (Lipinski definition) is 2. The second-order valence-electron chi connectivity index (χ2n) is 4.92. The minimum absolute atomic E-state index is 0.00801. The Hall–Kier alpha value is -1.61. The van der Waals surface area contributed by atoms with E-state index in [4.69, 9.17) is 0 Å². The fraction of sp³-hybridized carbons (Fsp3) is 0.312. The zero-order chi connectivity index (χ0) is 14.0. The van der Waals surface area contributed by atoms with Crippen molar-refractivity contribution in [3.05, 3.63) is 56.3 Å². The molecule has 2 nitrogen and oxygen atoms in total. The first-order valence-corrected chi connectivity index (χ1v) is 7.26. The summed E-state index contributed by atoms with van der Waals surface area (Å²) in [6.07, 6.45) is 0. The van der Waals surface area contributed by atoms with Crippen molar-refractivity contribution >= 4 is 17.2 Å². The van der Waals surface area contributed by atoms with E-state index in [9.17, 15) is 4.79 Å². The molecule has 3 heteroatoms. The van der Waals surface area contributed by atoms with Crippen LogP contribution in [-0.2, 0) is 6.54 Å². The van der Waals surface area contributed by atoms with E-state index in [0.717, 1.165) is 11.1 Å². The van der Waals surface area contributed by atoms with Gasteiger partial charge in [0.15, 0.2) is 0 Å². The van der Waals surface area contributed by atoms with E-state index < -0.39 is 0 Å². The van der Waals surface area contributed by atoms with Gasteiger partial charge in [-0.1, -0.05) is 6.07 Å². The monoisotopic (exact) mass is 273 g/mol. The Bertz CT molecular complexity index is 613. The highest BCUT2D eigenvalue weighted by Gasteiger charge is 2.08. The van der Waals surface area contributed by atoms with Gasteiger partial charge in [0.25, 0.3) is 5.91 Å². The SMILES string of the molecule is Cc1ccc(C(=O)NCc2csc(C)c2C)cc1C. The molecule has 0 aliphatic rings. The number of benzene rings is 1. The van der Waals surface area contributed by atoms with Crippen molar-refractivity contribution < 1.29 is 4.79 Å². The third-order valence-electron chi connectivity index (χ3n) is 3.60. The van der Waals surface area contributed by atoms with Crippen molar-refractivity contribution in [3.63, 3.8) is 0 Å². The van der Waals surface area contributed by atoms with Crippen molar-refractivity contribution in [2.75, 3.05) is 0 Å². The fourth-order valence-corrected chi connectivity index (χ4v) is 2.78. The zero-order valence-corrected chi connectivity index (χ0v) is 12.6. The first kappa shape index (κ1) is 13.8. The smallest absolute Gasteiger partial charge is 0.251 e. The van der Waals surface area contributed by atoms with Crippen molar-refractivity contribution in [2.45, 2.75) is 34.2 Å². The van der Waals surface area contributed by atoms with Gasteiger partial charge in [-0.15, -0.1) is 11.3 Å². The molecule has 19 heavy (non-hydrogen) atoms. The predicted molar refractivity (Wildman–Crippen MR) is 80.9 cm³/mol. The number of rotatable bonds is 3. The Kier molecular flexibility index (Phi) is 4.05. The third kappa shape index (κ3) is 3.04. The lowest BCUT2D eigenvalue weighted by atomic mass is 10.1. The van der Waals surface area contributed by atoms with Crippen LogP contribution >= 0.6 is 11.3 Å². The van der Waals surface area contributed by atoms with Gasteiger partial charge < -0.3 is 5.32 Å². The third-order valence-corrected chi connectivity index (χ3v) is 4.66. The molecule has 0 unspecified atom stereocenters. The summed E-state index contributed by atoms with van der Waals surface area (Å²) in [4.78, 5) is 13.4. The second-order valence-corrected chi connectivity index (χ2v) is 6.01. The highest BCUT2D eigenvalue weighted by Crippen LogP contribution is 2.20. The Balaban J connectivity index is 2.05. The summed E-state index contributed by atoms with van der Waals surface area (Å²) in [6.45, 7) is 8.88. The average molecular weight is 273 g/mol. The predicted octanol–water partition coefficient (Wildman–Crippen LogP) is 3.91. The van der Waals surface area contributed by atoms with Gasteiger partial charge in [0.2, 0.25) is 0 Å². The average Bonchev–Trinajstić information content (AvgIpc) is 2.70. The lowest BCUT2D eigenvalue weighted by Crippen LogP contribution is -2.23. The van der Waals surface area contributed by atoms with Gasteiger partial charge >= 0.3 is 0 Å². The number of carbonyl (C=O) groups excluding carboxylic acids is 1. The molecule has 0 atom stereocenters. The van der Waals surface area contributed by atoms with Gasteiger partial charge in [0, 0.05) is 17.0 Å². The minimum Gasteiger partial charge on any atom is -0.348 e. The number of hydrogen-bond donors (Lipinski definition) is 1. The normalized spacial score (nSPS) is 10.5. The van der Waals surface area contributed by atoms with Gasteiger partial charge in [0.05, 0.1) is 0 Å². The van der Waals surface area contributed by atoms with Gasteiger partial charge in [-0.3, -0.25) is 4.79 Å². The van der Waals surface area contributed by atoms with Crippen LogP contribution in [0, 0.1) is 27.7 Å². The van der Waals surface area contributed by atoms with Gasteiger partial charge in [0.1, 0.15) is 0 Å². The Labute approximate surface area is 118 Å². The number of carbonyl (C=O) groups is 1. The molecular weight excluding hydrogens is 254 g/mol. The molecule has 0 fully saturated rings. The number of thiophene rings is 1. The lowest BCUT2D eigenvalue weighted by molar-refractivity contribution is 0.0951. The molecule has 2 rings (SSSR count). The number of amides is 1. The standard InChI is InChI=1S/C16H19NOS/c1-10-5-6-14(7-11(10)2)16(18)17-8-15-9-19-13(4)12(15)3/h5-7,9H,8H2,1-4H3,(H,17,18). The Morgan fingerprint density at radius 2 is 1.89 bits per heavy atom. The van der Waals surface area contributed by atoms with Crippen LogP contribution < -0.4 is 5.32 Å². The molecule has 0 bridgehead atoms. The van der Waals surface area contributed by atoms with Crippen LogP contribution in [0.5, 0.6) is 0 Å². The lowest BCUT2D eigenvalue weighted by Gasteiger charge is -2.07. The van der Waals surface area contributed by atoms with Crippen LogP contribution in [0.3, 0.4) is 0 Å². The molecule has 2 aromatic rings. The molecule has 1 aromatic heterocycles. The molecule has 0 radical (unpaired) electrons. The fourth-order valence-electron chi connectivity index (χ4n) is 1.90. The van der Waals surface area contributed by atoms with Crippen LogP contribution in [0.25, 0.3) is 0 Å². The molecule has 1 N–H and O–H groups in total. The summed E-state index contributed by atoms with van der Waals surface area (Å²) in [6, 6.07) is 5.81. The maximum atomic E-state index is 12.1. The van der Waals surface area contributed by atoms with E-state index >= 15 is 0 Å². The highest BCUT2D eigenvalue weighted by atomic mass is 32.1. The summed E-state index contributed by atoms with van der Waals surface area (Å²) in [7, 11) is 0. The molecule has 1 aromatic carbocycles. The van der Waals surface area contributed by atoms with Crippen LogP contribution in [0.4, 0.5) is 0 Å². The molecule has 0 saturated heterocycles. The van der Waals surface area contributed by atoms with E-state index in [-0.39, 0.29) is 5.91 Å². The summed E-state index contributed by atoms with van der Waals surface area (Å²) < 4.78 is 0. The summed E-state index contributed by atoms with van der Waals surface area (Å²) >= 11 is 1.73. The molecule has 0 saturated carbocycles. The maximum absolute atomic E-state index is 12.1. The molecule has 1 heterocycles. The van der Waals surface area contributed by atoms with E-state index in [1.165, 1.54) is 21.6 Å². The molecule has 100 valence electrons. The molecule has 0 aliphatic carbocycles. The quantitative estimate of drug-likeness (QED) is 0.902. The van der Waals surface area contributed by atoms with E-state index in [1.54, 1.807) is 11.3 Å². The van der Waals surface area contributed by atoms with Crippen LogP contribution in [0.15, 0.2) is 23.6 Å².